The summed E-state index contributed by atoms with van der Waals surface area (Å²) in [5, 5.41) is 4.50. The fraction of sp³-hybridized carbons (Fsp3) is 0.312. The predicted molar refractivity (Wildman–Crippen MR) is 98.3 cm³/mol. The van der Waals surface area contributed by atoms with Crippen molar-refractivity contribution in [3.05, 3.63) is 28.2 Å². The van der Waals surface area contributed by atoms with E-state index in [-0.39, 0.29) is 6.04 Å². The molecule has 3 N–H and O–H groups in total. The molecule has 1 fully saturated rings. The highest BCUT2D eigenvalue weighted by molar-refractivity contribution is 7.17. The van der Waals surface area contributed by atoms with Crippen LogP contribution in [0.1, 0.15) is 16.6 Å². The second-order valence-electron chi connectivity index (χ2n) is 5.94. The topological polar surface area (TPSA) is 97.3 Å². The summed E-state index contributed by atoms with van der Waals surface area (Å²) in [7, 11) is 0. The van der Waals surface area contributed by atoms with Crippen molar-refractivity contribution in [1.82, 2.24) is 15.3 Å². The van der Waals surface area contributed by atoms with Crippen molar-refractivity contribution in [2.24, 2.45) is 5.73 Å². The molecule has 0 spiro atoms. The zero-order chi connectivity index (χ0) is 17.6. The zero-order valence-electron chi connectivity index (χ0n) is 13.5. The van der Waals surface area contributed by atoms with Crippen molar-refractivity contribution >= 4 is 46.0 Å². The molecule has 1 aromatic carbocycles. The Bertz CT molecular complexity index is 953. The molecule has 4 rings (SSSR count). The number of fused-ring (bicyclic) bond motifs is 1. The highest BCUT2D eigenvalue weighted by Crippen LogP contribution is 2.36. The number of hydrogen-bond donors (Lipinski definition) is 2. The summed E-state index contributed by atoms with van der Waals surface area (Å²) < 4.78 is 6.07. The minimum absolute atomic E-state index is 0.280. The smallest absolute Gasteiger partial charge is 0.298 e. The van der Waals surface area contributed by atoms with Crippen LogP contribution < -0.4 is 16.0 Å². The fourth-order valence-electron chi connectivity index (χ4n) is 2.91. The minimum Gasteiger partial charge on any atom is -0.423 e. The molecule has 0 unspecified atom stereocenters. The Labute approximate surface area is 152 Å². The lowest BCUT2D eigenvalue weighted by Crippen LogP contribution is -2.50. The van der Waals surface area contributed by atoms with E-state index in [1.54, 1.807) is 12.1 Å². The van der Waals surface area contributed by atoms with E-state index >= 15 is 0 Å². The number of aromatic nitrogens is 2. The van der Waals surface area contributed by atoms with E-state index in [9.17, 15) is 4.79 Å². The maximum absolute atomic E-state index is 11.3. The van der Waals surface area contributed by atoms with Gasteiger partial charge in [-0.2, -0.15) is 4.98 Å². The highest BCUT2D eigenvalue weighted by Gasteiger charge is 2.24. The molecular weight excluding hydrogens is 362 g/mol. The maximum atomic E-state index is 11.3. The van der Waals surface area contributed by atoms with Gasteiger partial charge in [0, 0.05) is 30.7 Å². The molecule has 1 aliphatic rings. The SMILES string of the molecule is C[C@H]1CNCCN1c1nc2cc(Cl)cc(-c3ncc(C(N)=O)s3)c2o1. The Morgan fingerprint density at radius 2 is 2.36 bits per heavy atom. The van der Waals surface area contributed by atoms with Crippen LogP contribution in [0.15, 0.2) is 22.7 Å². The lowest BCUT2D eigenvalue weighted by molar-refractivity contribution is 0.100. The van der Waals surface area contributed by atoms with E-state index < -0.39 is 5.91 Å². The molecule has 1 aliphatic heterocycles. The first-order valence-electron chi connectivity index (χ1n) is 7.86. The van der Waals surface area contributed by atoms with E-state index in [1.165, 1.54) is 17.5 Å². The number of halogens is 1. The standard InChI is InChI=1S/C16H16ClN5O2S/c1-8-6-19-2-3-22(8)16-21-11-5-9(17)4-10(13(11)24-16)15-20-7-12(25-15)14(18)23/h4-5,7-8,19H,2-3,6H2,1H3,(H2,18,23)/t8-/m0/s1. The van der Waals surface area contributed by atoms with Crippen LogP contribution in [-0.4, -0.2) is 41.6 Å². The van der Waals surface area contributed by atoms with Gasteiger partial charge in [0.15, 0.2) is 5.58 Å². The molecule has 25 heavy (non-hydrogen) atoms. The number of thiazole rings is 1. The summed E-state index contributed by atoms with van der Waals surface area (Å²) in [6.45, 7) is 4.70. The third-order valence-corrected chi connectivity index (χ3v) is 5.43. The first-order chi connectivity index (χ1) is 12.0. The highest BCUT2D eigenvalue weighted by atomic mass is 35.5. The van der Waals surface area contributed by atoms with E-state index in [0.29, 0.717) is 37.6 Å². The third-order valence-electron chi connectivity index (χ3n) is 4.17. The molecule has 0 radical (unpaired) electrons. The molecule has 1 atom stereocenters. The van der Waals surface area contributed by atoms with Crippen LogP contribution in [0.25, 0.3) is 21.7 Å². The average molecular weight is 378 g/mol. The van der Waals surface area contributed by atoms with Crippen molar-refractivity contribution in [2.45, 2.75) is 13.0 Å². The van der Waals surface area contributed by atoms with Gasteiger partial charge >= 0.3 is 0 Å². The van der Waals surface area contributed by atoms with Crippen LogP contribution in [0, 0.1) is 0 Å². The van der Waals surface area contributed by atoms with Crippen LogP contribution in [-0.2, 0) is 0 Å². The summed E-state index contributed by atoms with van der Waals surface area (Å²) in [4.78, 5) is 22.7. The first-order valence-corrected chi connectivity index (χ1v) is 9.06. The van der Waals surface area contributed by atoms with Gasteiger partial charge in [-0.1, -0.05) is 11.6 Å². The lowest BCUT2D eigenvalue weighted by atomic mass is 10.2. The minimum atomic E-state index is -0.505. The Balaban J connectivity index is 1.82. The second-order valence-corrected chi connectivity index (χ2v) is 7.41. The quantitative estimate of drug-likeness (QED) is 0.727. The van der Waals surface area contributed by atoms with Crippen LogP contribution in [0.2, 0.25) is 5.02 Å². The molecular formula is C16H16ClN5O2S. The number of rotatable bonds is 3. The molecule has 7 nitrogen and oxygen atoms in total. The van der Waals surface area contributed by atoms with Gasteiger partial charge in [-0.05, 0) is 19.1 Å². The number of benzene rings is 1. The third kappa shape index (κ3) is 2.97. The molecule has 0 saturated carbocycles. The van der Waals surface area contributed by atoms with Gasteiger partial charge in [-0.15, -0.1) is 11.3 Å². The van der Waals surface area contributed by atoms with Crippen LogP contribution >= 0.6 is 22.9 Å². The number of anilines is 1. The Hall–Kier alpha value is -2.16. The van der Waals surface area contributed by atoms with Crippen molar-refractivity contribution in [3.8, 4) is 10.6 Å². The van der Waals surface area contributed by atoms with Crippen molar-refractivity contribution < 1.29 is 9.21 Å². The fourth-order valence-corrected chi connectivity index (χ4v) is 3.90. The number of nitrogens with two attached hydrogens (primary N) is 1. The van der Waals surface area contributed by atoms with Gasteiger partial charge in [0.1, 0.15) is 15.4 Å². The number of oxazole rings is 1. The summed E-state index contributed by atoms with van der Waals surface area (Å²) >= 11 is 7.45. The largest absolute Gasteiger partial charge is 0.423 e. The van der Waals surface area contributed by atoms with Crippen molar-refractivity contribution in [2.75, 3.05) is 24.5 Å². The van der Waals surface area contributed by atoms with E-state index in [0.717, 1.165) is 19.6 Å². The summed E-state index contributed by atoms with van der Waals surface area (Å²) in [6.07, 6.45) is 1.46. The lowest BCUT2D eigenvalue weighted by Gasteiger charge is -2.32. The predicted octanol–water partition coefficient (Wildman–Crippen LogP) is 2.50. The summed E-state index contributed by atoms with van der Waals surface area (Å²) in [5.41, 5.74) is 7.30. The van der Waals surface area contributed by atoms with Gasteiger partial charge < -0.3 is 20.4 Å². The number of hydrogen-bond acceptors (Lipinski definition) is 7. The molecule has 3 aromatic rings. The first kappa shape index (κ1) is 16.3. The number of primary amides is 1. The monoisotopic (exact) mass is 377 g/mol. The molecule has 130 valence electrons. The van der Waals surface area contributed by atoms with Gasteiger partial charge in [0.05, 0.1) is 11.8 Å². The Kier molecular flexibility index (Phi) is 4.10. The number of carbonyl (C=O) groups is 1. The molecule has 3 heterocycles. The van der Waals surface area contributed by atoms with Gasteiger partial charge in [0.25, 0.3) is 11.9 Å². The average Bonchev–Trinajstić information content (AvgIpc) is 3.21. The van der Waals surface area contributed by atoms with Crippen LogP contribution in [0.3, 0.4) is 0 Å². The summed E-state index contributed by atoms with van der Waals surface area (Å²) in [6, 6.07) is 4.38. The maximum Gasteiger partial charge on any atom is 0.298 e. The Morgan fingerprint density at radius 1 is 1.52 bits per heavy atom. The van der Waals surface area contributed by atoms with Gasteiger partial charge in [-0.3, -0.25) is 4.79 Å². The number of piperazine rings is 1. The van der Waals surface area contributed by atoms with Crippen LogP contribution in [0.5, 0.6) is 0 Å². The van der Waals surface area contributed by atoms with Crippen molar-refractivity contribution in [1.29, 1.82) is 0 Å². The zero-order valence-corrected chi connectivity index (χ0v) is 15.0. The van der Waals surface area contributed by atoms with Crippen LogP contribution in [0.4, 0.5) is 6.01 Å². The van der Waals surface area contributed by atoms with E-state index in [1.807, 2.05) is 0 Å². The second kappa shape index (κ2) is 6.29. The molecule has 1 amide bonds. The number of nitrogens with zero attached hydrogens (tertiary/aromatic N) is 3. The van der Waals surface area contributed by atoms with E-state index in [4.69, 9.17) is 21.8 Å². The molecule has 2 aromatic heterocycles. The van der Waals surface area contributed by atoms with E-state index in [2.05, 4.69) is 27.1 Å². The molecule has 0 bridgehead atoms. The van der Waals surface area contributed by atoms with Crippen molar-refractivity contribution in [3.63, 3.8) is 0 Å². The molecule has 1 saturated heterocycles. The summed E-state index contributed by atoms with van der Waals surface area (Å²) in [5.74, 6) is -0.505. The molecule has 0 aliphatic carbocycles. The van der Waals surface area contributed by atoms with Gasteiger partial charge in [-0.25, -0.2) is 4.98 Å². The normalized spacial score (nSPS) is 18.0. The number of carbonyl (C=O) groups excluding carboxylic acids is 1. The number of nitrogens with one attached hydrogen (secondary N) is 1. The Morgan fingerprint density at radius 3 is 3.08 bits per heavy atom. The molecule has 9 heteroatoms. The van der Waals surface area contributed by atoms with Gasteiger partial charge in [0.2, 0.25) is 0 Å². The number of amides is 1.